The monoisotopic (exact) mass is 401 g/mol. The average Bonchev–Trinajstić information content (AvgIpc) is 2.45. The molecule has 0 aliphatic rings. The highest BCUT2D eigenvalue weighted by atomic mass is 127. The second-order valence-corrected chi connectivity index (χ2v) is 5.00. The van der Waals surface area contributed by atoms with Crippen molar-refractivity contribution in [2.45, 2.75) is 26.2 Å². The second-order valence-electron chi connectivity index (χ2n) is 5.00. The summed E-state index contributed by atoms with van der Waals surface area (Å²) in [5, 5.41) is 3.42. The maximum Gasteiger partial charge on any atom is 0.193 e. The number of halogens is 1. The van der Waals surface area contributed by atoms with Crippen molar-refractivity contribution in [3.05, 3.63) is 48.0 Å². The molecule has 3 nitrogen and oxygen atoms in total. The van der Waals surface area contributed by atoms with E-state index in [4.69, 9.17) is 0 Å². The quantitative estimate of drug-likeness (QED) is 0.249. The average molecular weight is 401 g/mol. The van der Waals surface area contributed by atoms with Crippen LogP contribution >= 0.6 is 24.0 Å². The number of nitrogens with one attached hydrogen (secondary N) is 1. The first-order chi connectivity index (χ1) is 9.69. The molecule has 0 saturated carbocycles. The van der Waals surface area contributed by atoms with Crippen molar-refractivity contribution in [2.75, 3.05) is 27.2 Å². The fourth-order valence-electron chi connectivity index (χ4n) is 2.16. The Balaban J connectivity index is 0.00000400. The molecule has 0 radical (unpaired) electrons. The van der Waals surface area contributed by atoms with Gasteiger partial charge in [-0.25, -0.2) is 0 Å². The fraction of sp³-hybridized carbons (Fsp3) is 0.471. The molecule has 118 valence electrons. The van der Waals surface area contributed by atoms with E-state index in [1.54, 1.807) is 0 Å². The minimum Gasteiger partial charge on any atom is -0.356 e. The highest BCUT2D eigenvalue weighted by Gasteiger charge is 2.04. The molecule has 4 heteroatoms. The third-order valence-corrected chi connectivity index (χ3v) is 3.41. The van der Waals surface area contributed by atoms with Crippen molar-refractivity contribution >= 4 is 29.9 Å². The number of guanidine groups is 1. The highest BCUT2D eigenvalue weighted by molar-refractivity contribution is 14.0. The second kappa shape index (κ2) is 11.6. The number of nitrogens with zero attached hydrogens (tertiary/aromatic N) is 2. The Bertz CT molecular complexity index is 443. The van der Waals surface area contributed by atoms with Crippen molar-refractivity contribution in [2.24, 2.45) is 4.99 Å². The number of hydrogen-bond acceptors (Lipinski definition) is 1. The van der Waals surface area contributed by atoms with Gasteiger partial charge >= 0.3 is 0 Å². The summed E-state index contributed by atoms with van der Waals surface area (Å²) in [4.78, 5) is 6.49. The van der Waals surface area contributed by atoms with Gasteiger partial charge in [-0.15, -0.1) is 30.6 Å². The summed E-state index contributed by atoms with van der Waals surface area (Å²) in [6, 6.07) is 8.52. The third-order valence-electron chi connectivity index (χ3n) is 3.41. The zero-order chi connectivity index (χ0) is 14.8. The van der Waals surface area contributed by atoms with Crippen molar-refractivity contribution < 1.29 is 0 Å². The predicted octanol–water partition coefficient (Wildman–Crippen LogP) is 3.63. The van der Waals surface area contributed by atoms with Gasteiger partial charge in [0.2, 0.25) is 0 Å². The molecule has 0 aromatic heterocycles. The van der Waals surface area contributed by atoms with Gasteiger partial charge in [0.25, 0.3) is 0 Å². The lowest BCUT2D eigenvalue weighted by Crippen LogP contribution is -2.40. The van der Waals surface area contributed by atoms with Gasteiger partial charge in [-0.3, -0.25) is 4.99 Å². The first-order valence-electron chi connectivity index (χ1n) is 7.26. The Morgan fingerprint density at radius 2 is 2.10 bits per heavy atom. The lowest BCUT2D eigenvalue weighted by molar-refractivity contribution is 0.470. The Morgan fingerprint density at radius 3 is 2.71 bits per heavy atom. The minimum absolute atomic E-state index is 0. The van der Waals surface area contributed by atoms with Crippen LogP contribution < -0.4 is 5.32 Å². The summed E-state index contributed by atoms with van der Waals surface area (Å²) in [5.74, 6) is 0.961. The van der Waals surface area contributed by atoms with Crippen LogP contribution in [0.4, 0.5) is 0 Å². The molecule has 0 atom stereocenters. The number of aliphatic imine (C=N–C) groups is 1. The molecular formula is C17H28IN3. The molecule has 1 aromatic rings. The normalized spacial score (nSPS) is 10.7. The number of aryl methyl sites for hydroxylation is 1. The van der Waals surface area contributed by atoms with Crippen LogP contribution in [0.2, 0.25) is 0 Å². The lowest BCUT2D eigenvalue weighted by atomic mass is 10.1. The highest BCUT2D eigenvalue weighted by Crippen LogP contribution is 2.06. The van der Waals surface area contributed by atoms with E-state index >= 15 is 0 Å². The summed E-state index contributed by atoms with van der Waals surface area (Å²) >= 11 is 0. The molecule has 0 aliphatic heterocycles. The maximum absolute atomic E-state index is 4.33. The van der Waals surface area contributed by atoms with Gasteiger partial charge in [-0.05, 0) is 37.3 Å². The Morgan fingerprint density at radius 1 is 1.38 bits per heavy atom. The van der Waals surface area contributed by atoms with Crippen molar-refractivity contribution in [1.29, 1.82) is 0 Å². The van der Waals surface area contributed by atoms with E-state index in [1.165, 1.54) is 11.1 Å². The SMILES string of the molecule is C=CCCCN(C)C(=NC)NCCc1ccccc1C.I. The minimum atomic E-state index is 0. The van der Waals surface area contributed by atoms with E-state index in [0.717, 1.165) is 38.3 Å². The van der Waals surface area contributed by atoms with E-state index in [-0.39, 0.29) is 24.0 Å². The van der Waals surface area contributed by atoms with Gasteiger partial charge in [0.15, 0.2) is 5.96 Å². The standard InChI is InChI=1S/C17H27N3.HI/c1-5-6-9-14-20(4)17(18-3)19-13-12-16-11-8-7-10-15(16)2;/h5,7-8,10-11H,1,6,9,12-14H2,2-4H3,(H,18,19);1H. The largest absolute Gasteiger partial charge is 0.356 e. The van der Waals surface area contributed by atoms with Gasteiger partial charge < -0.3 is 10.2 Å². The molecule has 1 aromatic carbocycles. The topological polar surface area (TPSA) is 27.6 Å². The van der Waals surface area contributed by atoms with Crippen LogP contribution in [0, 0.1) is 6.92 Å². The summed E-state index contributed by atoms with van der Waals surface area (Å²) in [7, 11) is 3.91. The maximum atomic E-state index is 4.33. The van der Waals surface area contributed by atoms with Gasteiger partial charge in [-0.1, -0.05) is 30.3 Å². The van der Waals surface area contributed by atoms with E-state index in [1.807, 2.05) is 13.1 Å². The Labute approximate surface area is 146 Å². The molecule has 0 saturated heterocycles. The Hall–Kier alpha value is -1.04. The van der Waals surface area contributed by atoms with Gasteiger partial charge in [-0.2, -0.15) is 0 Å². The summed E-state index contributed by atoms with van der Waals surface area (Å²) in [6.07, 6.45) is 5.14. The molecule has 0 bridgehead atoms. The molecule has 0 fully saturated rings. The predicted molar refractivity (Wildman–Crippen MR) is 104 cm³/mol. The number of allylic oxidation sites excluding steroid dienone is 1. The lowest BCUT2D eigenvalue weighted by Gasteiger charge is -2.22. The molecule has 21 heavy (non-hydrogen) atoms. The van der Waals surface area contributed by atoms with Crippen LogP contribution in [-0.2, 0) is 6.42 Å². The molecule has 0 unspecified atom stereocenters. The van der Waals surface area contributed by atoms with Gasteiger partial charge in [0.1, 0.15) is 0 Å². The molecule has 0 amide bonds. The smallest absolute Gasteiger partial charge is 0.193 e. The Kier molecular flexibility index (Phi) is 11.0. The number of rotatable bonds is 7. The van der Waals surface area contributed by atoms with E-state index in [0.29, 0.717) is 0 Å². The molecule has 0 aliphatic carbocycles. The van der Waals surface area contributed by atoms with Gasteiger partial charge in [0.05, 0.1) is 0 Å². The molecule has 0 heterocycles. The number of unbranched alkanes of at least 4 members (excludes halogenated alkanes) is 1. The molecule has 1 rings (SSSR count). The first-order valence-corrected chi connectivity index (χ1v) is 7.26. The van der Waals surface area contributed by atoms with Crippen molar-refractivity contribution in [3.63, 3.8) is 0 Å². The van der Waals surface area contributed by atoms with Crippen LogP contribution in [0.1, 0.15) is 24.0 Å². The third kappa shape index (κ3) is 7.50. The van der Waals surface area contributed by atoms with Crippen LogP contribution in [0.15, 0.2) is 41.9 Å². The first kappa shape index (κ1) is 20.0. The summed E-state index contributed by atoms with van der Waals surface area (Å²) in [5.41, 5.74) is 2.74. The van der Waals surface area contributed by atoms with Crippen LogP contribution in [0.3, 0.4) is 0 Å². The van der Waals surface area contributed by atoms with Gasteiger partial charge in [0, 0.05) is 27.2 Å². The van der Waals surface area contributed by atoms with E-state index in [9.17, 15) is 0 Å². The zero-order valence-corrected chi connectivity index (χ0v) is 15.8. The molecule has 1 N–H and O–H groups in total. The fourth-order valence-corrected chi connectivity index (χ4v) is 2.16. The van der Waals surface area contributed by atoms with Crippen molar-refractivity contribution in [3.8, 4) is 0 Å². The summed E-state index contributed by atoms with van der Waals surface area (Å²) in [6.45, 7) is 7.81. The van der Waals surface area contributed by atoms with E-state index < -0.39 is 0 Å². The molecular weight excluding hydrogens is 373 g/mol. The number of hydrogen-bond donors (Lipinski definition) is 1. The molecule has 0 spiro atoms. The van der Waals surface area contributed by atoms with Crippen molar-refractivity contribution in [1.82, 2.24) is 10.2 Å². The zero-order valence-electron chi connectivity index (χ0n) is 13.4. The van der Waals surface area contributed by atoms with Crippen LogP contribution in [-0.4, -0.2) is 38.0 Å². The van der Waals surface area contributed by atoms with Crippen LogP contribution in [0.5, 0.6) is 0 Å². The van der Waals surface area contributed by atoms with Crippen LogP contribution in [0.25, 0.3) is 0 Å². The van der Waals surface area contributed by atoms with E-state index in [2.05, 4.69) is 60.0 Å². The number of benzene rings is 1. The summed E-state index contributed by atoms with van der Waals surface area (Å²) < 4.78 is 0.